The van der Waals surface area contributed by atoms with Gasteiger partial charge in [-0.25, -0.2) is 9.78 Å². The van der Waals surface area contributed by atoms with Crippen molar-refractivity contribution in [2.45, 2.75) is 57.3 Å². The molecule has 1 spiro atoms. The van der Waals surface area contributed by atoms with E-state index in [0.717, 1.165) is 5.69 Å². The van der Waals surface area contributed by atoms with E-state index in [9.17, 15) is 9.59 Å². The summed E-state index contributed by atoms with van der Waals surface area (Å²) < 4.78 is 5.41. The van der Waals surface area contributed by atoms with Crippen LogP contribution in [0.25, 0.3) is 0 Å². The van der Waals surface area contributed by atoms with Gasteiger partial charge in [-0.1, -0.05) is 0 Å². The van der Waals surface area contributed by atoms with E-state index in [1.807, 2.05) is 20.8 Å². The highest BCUT2D eigenvalue weighted by atomic mass is 16.6. The molecule has 2 fully saturated rings. The van der Waals surface area contributed by atoms with E-state index in [1.54, 1.807) is 17.4 Å². The van der Waals surface area contributed by atoms with Crippen LogP contribution in [0.15, 0.2) is 12.5 Å². The normalized spacial score (nSPS) is 23.4. The van der Waals surface area contributed by atoms with E-state index >= 15 is 0 Å². The Balaban J connectivity index is 1.56. The number of nitrogens with zero attached hydrogens (tertiary/aromatic N) is 2. The zero-order chi connectivity index (χ0) is 17.4. The molecule has 3 heterocycles. The van der Waals surface area contributed by atoms with Crippen molar-refractivity contribution < 1.29 is 14.3 Å². The molecule has 132 valence electrons. The van der Waals surface area contributed by atoms with E-state index < -0.39 is 11.3 Å². The fourth-order valence-corrected chi connectivity index (χ4v) is 3.18. The summed E-state index contributed by atoms with van der Waals surface area (Å²) in [4.78, 5) is 33.2. The first-order chi connectivity index (χ1) is 11.3. The average molecular weight is 335 g/mol. The van der Waals surface area contributed by atoms with Crippen molar-refractivity contribution in [3.05, 3.63) is 18.2 Å². The third-order valence-corrected chi connectivity index (χ3v) is 4.37. The number of carbonyl (C=O) groups excluding carboxylic acids is 2. The van der Waals surface area contributed by atoms with Gasteiger partial charge in [0.25, 0.3) is 0 Å². The van der Waals surface area contributed by atoms with Gasteiger partial charge in [-0.05, 0) is 20.8 Å². The van der Waals surface area contributed by atoms with Crippen LogP contribution in [0, 0.1) is 0 Å². The second-order valence-corrected chi connectivity index (χ2v) is 7.50. The number of H-pyrrole nitrogens is 1. The summed E-state index contributed by atoms with van der Waals surface area (Å²) in [6.07, 6.45) is 4.98. The summed E-state index contributed by atoms with van der Waals surface area (Å²) in [7, 11) is 0. The Bertz CT molecular complexity index is 600. The maximum atomic E-state index is 12.3. The second kappa shape index (κ2) is 6.08. The van der Waals surface area contributed by atoms with Gasteiger partial charge in [0, 0.05) is 38.5 Å². The Morgan fingerprint density at radius 2 is 2.12 bits per heavy atom. The molecule has 2 aliphatic heterocycles. The molecule has 2 saturated heterocycles. The zero-order valence-electron chi connectivity index (χ0n) is 14.4. The number of imidazole rings is 1. The molecule has 0 bridgehead atoms. The smallest absolute Gasteiger partial charge is 0.410 e. The first-order valence-corrected chi connectivity index (χ1v) is 8.32. The van der Waals surface area contributed by atoms with Gasteiger partial charge in [-0.2, -0.15) is 0 Å². The number of likely N-dealkylation sites (tertiary alicyclic amines) is 1. The van der Waals surface area contributed by atoms with E-state index in [0.29, 0.717) is 32.4 Å². The minimum absolute atomic E-state index is 0.0104. The molecule has 8 heteroatoms. The Hall–Kier alpha value is -2.09. The highest BCUT2D eigenvalue weighted by Crippen LogP contribution is 2.26. The predicted octanol–water partition coefficient (Wildman–Crippen LogP) is 0.767. The quantitative estimate of drug-likeness (QED) is 0.741. The van der Waals surface area contributed by atoms with E-state index in [-0.39, 0.29) is 18.0 Å². The van der Waals surface area contributed by atoms with Crippen molar-refractivity contribution in [3.63, 3.8) is 0 Å². The topological polar surface area (TPSA) is 99.4 Å². The van der Waals surface area contributed by atoms with Crippen LogP contribution >= 0.6 is 0 Å². The van der Waals surface area contributed by atoms with Gasteiger partial charge in [-0.15, -0.1) is 0 Å². The molecular formula is C16H25N5O3. The molecule has 24 heavy (non-hydrogen) atoms. The van der Waals surface area contributed by atoms with Gasteiger partial charge in [0.05, 0.1) is 23.7 Å². The number of rotatable bonds is 2. The minimum Gasteiger partial charge on any atom is -0.444 e. The van der Waals surface area contributed by atoms with Crippen molar-refractivity contribution in [1.29, 1.82) is 0 Å². The Labute approximate surface area is 141 Å². The Morgan fingerprint density at radius 1 is 1.42 bits per heavy atom. The molecule has 8 nitrogen and oxygen atoms in total. The van der Waals surface area contributed by atoms with Crippen LogP contribution in [-0.4, -0.2) is 57.3 Å². The van der Waals surface area contributed by atoms with Crippen LogP contribution in [0.5, 0.6) is 0 Å². The van der Waals surface area contributed by atoms with E-state index in [2.05, 4.69) is 20.6 Å². The van der Waals surface area contributed by atoms with Gasteiger partial charge in [0.15, 0.2) is 0 Å². The first-order valence-electron chi connectivity index (χ1n) is 8.32. The number of amides is 2. The largest absolute Gasteiger partial charge is 0.444 e. The Kier molecular flexibility index (Phi) is 4.25. The monoisotopic (exact) mass is 335 g/mol. The predicted molar refractivity (Wildman–Crippen MR) is 87.1 cm³/mol. The molecule has 0 aliphatic carbocycles. The van der Waals surface area contributed by atoms with Crippen LogP contribution in [0.3, 0.4) is 0 Å². The molecule has 0 saturated carbocycles. The molecule has 3 N–H and O–H groups in total. The molecule has 0 aromatic carbocycles. The summed E-state index contributed by atoms with van der Waals surface area (Å²) >= 11 is 0. The highest BCUT2D eigenvalue weighted by molar-refractivity contribution is 5.85. The van der Waals surface area contributed by atoms with E-state index in [4.69, 9.17) is 4.74 Å². The summed E-state index contributed by atoms with van der Waals surface area (Å²) in [6.45, 7) is 6.67. The van der Waals surface area contributed by atoms with Crippen molar-refractivity contribution in [3.8, 4) is 0 Å². The molecular weight excluding hydrogens is 310 g/mol. The van der Waals surface area contributed by atoms with Gasteiger partial charge < -0.3 is 19.9 Å². The molecule has 2 amide bonds. The van der Waals surface area contributed by atoms with Gasteiger partial charge in [-0.3, -0.25) is 10.1 Å². The number of nitrogens with one attached hydrogen (secondary N) is 3. The summed E-state index contributed by atoms with van der Waals surface area (Å²) in [5.74, 6) is -0.0104. The third-order valence-electron chi connectivity index (χ3n) is 4.37. The number of hydrogen-bond donors (Lipinski definition) is 3. The van der Waals surface area contributed by atoms with Crippen molar-refractivity contribution >= 4 is 12.0 Å². The number of aromatic amines is 1. The lowest BCUT2D eigenvalue weighted by molar-refractivity contribution is -0.121. The van der Waals surface area contributed by atoms with Crippen LogP contribution in [0.2, 0.25) is 0 Å². The molecule has 1 aromatic rings. The van der Waals surface area contributed by atoms with Crippen LogP contribution in [-0.2, 0) is 16.0 Å². The summed E-state index contributed by atoms with van der Waals surface area (Å²) in [5, 5.41) is 6.48. The first kappa shape index (κ1) is 16.8. The number of piperidine rings is 1. The SMILES string of the molecule is CC(C)(C)OC(=O)N1CCC2(CC1)NC(=O)C(Cc1c[nH]cn1)N2. The van der Waals surface area contributed by atoms with Crippen LogP contribution < -0.4 is 10.6 Å². The standard InChI is InChI=1S/C16H25N5O3/c1-15(2,3)24-14(23)21-6-4-16(5-7-21)19-12(13(22)20-16)8-11-9-17-10-18-11/h9-10,12,19H,4-8H2,1-3H3,(H,17,18)(H,20,22). The summed E-state index contributed by atoms with van der Waals surface area (Å²) in [5.41, 5.74) is -0.0806. The van der Waals surface area contributed by atoms with Crippen molar-refractivity contribution in [1.82, 2.24) is 25.5 Å². The van der Waals surface area contributed by atoms with Gasteiger partial charge >= 0.3 is 6.09 Å². The lowest BCUT2D eigenvalue weighted by Gasteiger charge is -2.39. The third kappa shape index (κ3) is 3.69. The second-order valence-electron chi connectivity index (χ2n) is 7.50. The molecule has 3 rings (SSSR count). The fraction of sp³-hybridized carbons (Fsp3) is 0.688. The Morgan fingerprint density at radius 3 is 2.71 bits per heavy atom. The maximum Gasteiger partial charge on any atom is 0.410 e. The number of hydrogen-bond acceptors (Lipinski definition) is 5. The number of ether oxygens (including phenoxy) is 1. The van der Waals surface area contributed by atoms with Crippen LogP contribution in [0.4, 0.5) is 4.79 Å². The molecule has 1 unspecified atom stereocenters. The zero-order valence-corrected chi connectivity index (χ0v) is 14.4. The lowest BCUT2D eigenvalue weighted by Crippen LogP contribution is -2.58. The number of carbonyl (C=O) groups is 2. The van der Waals surface area contributed by atoms with Crippen molar-refractivity contribution in [2.75, 3.05) is 13.1 Å². The van der Waals surface area contributed by atoms with E-state index in [1.165, 1.54) is 0 Å². The maximum absolute atomic E-state index is 12.3. The molecule has 1 aromatic heterocycles. The minimum atomic E-state index is -0.499. The number of aromatic nitrogens is 2. The fourth-order valence-electron chi connectivity index (χ4n) is 3.18. The molecule has 0 radical (unpaired) electrons. The van der Waals surface area contributed by atoms with Gasteiger partial charge in [0.2, 0.25) is 5.91 Å². The van der Waals surface area contributed by atoms with Gasteiger partial charge in [0.1, 0.15) is 5.60 Å². The van der Waals surface area contributed by atoms with Crippen molar-refractivity contribution in [2.24, 2.45) is 0 Å². The highest BCUT2D eigenvalue weighted by Gasteiger charge is 2.46. The lowest BCUT2D eigenvalue weighted by atomic mass is 9.98. The molecule has 1 atom stereocenters. The average Bonchev–Trinajstić information content (AvgIpc) is 3.07. The van der Waals surface area contributed by atoms with Crippen LogP contribution in [0.1, 0.15) is 39.3 Å². The summed E-state index contributed by atoms with van der Waals surface area (Å²) in [6, 6.07) is -0.290. The molecule has 2 aliphatic rings.